The van der Waals surface area contributed by atoms with E-state index in [1.807, 2.05) is 0 Å². The summed E-state index contributed by atoms with van der Waals surface area (Å²) in [4.78, 5) is 8.08. The molecule has 18 heavy (non-hydrogen) atoms. The second-order valence-electron chi connectivity index (χ2n) is 4.13. The van der Waals surface area contributed by atoms with E-state index in [2.05, 4.69) is 22.0 Å². The number of hydrogen-bond acceptors (Lipinski definition) is 5. The summed E-state index contributed by atoms with van der Waals surface area (Å²) in [5.41, 5.74) is 6.37. The summed E-state index contributed by atoms with van der Waals surface area (Å²) in [6, 6.07) is 2.83. The molecule has 1 unspecified atom stereocenters. The Morgan fingerprint density at radius 1 is 1.44 bits per heavy atom. The van der Waals surface area contributed by atoms with Gasteiger partial charge >= 0.3 is 0 Å². The van der Waals surface area contributed by atoms with Crippen molar-refractivity contribution in [2.24, 2.45) is 5.73 Å². The second kappa shape index (κ2) is 5.68. The van der Waals surface area contributed by atoms with E-state index < -0.39 is 5.82 Å². The maximum Gasteiger partial charge on any atom is 0.228 e. The van der Waals surface area contributed by atoms with Crippen LogP contribution in [0.2, 0.25) is 0 Å². The van der Waals surface area contributed by atoms with Crippen LogP contribution in [0, 0.1) is 5.82 Å². The van der Waals surface area contributed by atoms with E-state index in [1.165, 1.54) is 12.1 Å². The molecule has 0 saturated heterocycles. The van der Waals surface area contributed by atoms with E-state index in [9.17, 15) is 4.39 Å². The average Bonchev–Trinajstić information content (AvgIpc) is 2.78. The summed E-state index contributed by atoms with van der Waals surface area (Å²) < 4.78 is 17.8. The lowest BCUT2D eigenvalue weighted by Crippen LogP contribution is -2.22. The minimum Gasteiger partial charge on any atom is -0.339 e. The van der Waals surface area contributed by atoms with E-state index in [1.54, 1.807) is 0 Å². The summed E-state index contributed by atoms with van der Waals surface area (Å²) in [6.07, 6.45) is 3.59. The minimum absolute atomic E-state index is 0.0180. The quantitative estimate of drug-likeness (QED) is 0.877. The van der Waals surface area contributed by atoms with Crippen molar-refractivity contribution in [1.82, 2.24) is 15.1 Å². The Morgan fingerprint density at radius 2 is 2.28 bits per heavy atom. The lowest BCUT2D eigenvalue weighted by atomic mass is 10.1. The molecule has 0 aliphatic heterocycles. The third-order valence-corrected chi connectivity index (χ3v) is 2.52. The molecule has 5 nitrogen and oxygen atoms in total. The molecule has 0 aliphatic carbocycles. The Kier molecular flexibility index (Phi) is 3.99. The molecule has 96 valence electrons. The molecule has 6 heteroatoms. The fourth-order valence-electron chi connectivity index (χ4n) is 1.65. The van der Waals surface area contributed by atoms with Crippen molar-refractivity contribution in [3.05, 3.63) is 30.0 Å². The van der Waals surface area contributed by atoms with Crippen LogP contribution in [-0.2, 0) is 6.42 Å². The Balaban J connectivity index is 2.08. The predicted molar refractivity (Wildman–Crippen MR) is 64.1 cm³/mol. The molecular weight excluding hydrogens is 235 g/mol. The van der Waals surface area contributed by atoms with Gasteiger partial charge in [-0.2, -0.15) is 4.98 Å². The third kappa shape index (κ3) is 3.10. The van der Waals surface area contributed by atoms with E-state index in [0.29, 0.717) is 23.8 Å². The molecule has 0 aromatic carbocycles. The molecule has 0 amide bonds. The van der Waals surface area contributed by atoms with Crippen LogP contribution in [0.3, 0.4) is 0 Å². The topological polar surface area (TPSA) is 77.8 Å². The highest BCUT2D eigenvalue weighted by Gasteiger charge is 2.12. The van der Waals surface area contributed by atoms with E-state index in [4.69, 9.17) is 10.3 Å². The molecule has 0 aliphatic rings. The first-order valence-electron chi connectivity index (χ1n) is 5.89. The van der Waals surface area contributed by atoms with Crippen molar-refractivity contribution in [2.75, 3.05) is 0 Å². The number of nitrogens with zero attached hydrogens (tertiary/aromatic N) is 3. The number of pyridine rings is 1. The molecule has 0 bridgehead atoms. The van der Waals surface area contributed by atoms with Crippen molar-refractivity contribution in [1.29, 1.82) is 0 Å². The van der Waals surface area contributed by atoms with E-state index >= 15 is 0 Å². The van der Waals surface area contributed by atoms with Crippen molar-refractivity contribution in [3.63, 3.8) is 0 Å². The van der Waals surface area contributed by atoms with Gasteiger partial charge in [0.25, 0.3) is 0 Å². The molecule has 2 heterocycles. The molecule has 0 fully saturated rings. The maximum absolute atomic E-state index is 12.7. The molecule has 2 aromatic rings. The molecular formula is C12H15FN4O. The zero-order valence-electron chi connectivity index (χ0n) is 10.1. The van der Waals surface area contributed by atoms with Gasteiger partial charge in [0.1, 0.15) is 11.5 Å². The molecule has 1 atom stereocenters. The summed E-state index contributed by atoms with van der Waals surface area (Å²) in [5, 5.41) is 3.80. The number of halogens is 1. The maximum atomic E-state index is 12.7. The Labute approximate surface area is 104 Å². The fraction of sp³-hybridized carbons (Fsp3) is 0.417. The van der Waals surface area contributed by atoms with Crippen LogP contribution in [0.15, 0.2) is 22.9 Å². The molecule has 2 rings (SSSR count). The molecule has 0 saturated carbocycles. The highest BCUT2D eigenvalue weighted by atomic mass is 19.1. The number of hydrogen-bond donors (Lipinski definition) is 1. The van der Waals surface area contributed by atoms with Crippen LogP contribution in [0.1, 0.15) is 25.7 Å². The third-order valence-electron chi connectivity index (χ3n) is 2.52. The summed E-state index contributed by atoms with van der Waals surface area (Å²) >= 11 is 0. The smallest absolute Gasteiger partial charge is 0.228 e. The van der Waals surface area contributed by atoms with Crippen LogP contribution in [0.25, 0.3) is 11.5 Å². The lowest BCUT2D eigenvalue weighted by molar-refractivity contribution is 0.366. The van der Waals surface area contributed by atoms with Crippen molar-refractivity contribution in [3.8, 4) is 11.5 Å². The van der Waals surface area contributed by atoms with Gasteiger partial charge in [0, 0.05) is 12.5 Å². The molecule has 2 aromatic heterocycles. The van der Waals surface area contributed by atoms with Gasteiger partial charge in [0.05, 0.1) is 6.20 Å². The Hall–Kier alpha value is -1.82. The predicted octanol–water partition coefficient (Wildman–Crippen LogP) is 1.94. The Morgan fingerprint density at radius 3 is 2.94 bits per heavy atom. The zero-order valence-corrected chi connectivity index (χ0v) is 10.1. The largest absolute Gasteiger partial charge is 0.339 e. The second-order valence-corrected chi connectivity index (χ2v) is 4.13. The van der Waals surface area contributed by atoms with Gasteiger partial charge in [0.2, 0.25) is 11.7 Å². The number of rotatable bonds is 5. The number of nitrogens with two attached hydrogens (primary N) is 1. The number of aromatic nitrogens is 3. The molecule has 2 N–H and O–H groups in total. The van der Waals surface area contributed by atoms with Gasteiger partial charge in [-0.3, -0.25) is 0 Å². The molecule has 0 spiro atoms. The van der Waals surface area contributed by atoms with Gasteiger partial charge < -0.3 is 10.3 Å². The van der Waals surface area contributed by atoms with E-state index in [-0.39, 0.29) is 6.04 Å². The minimum atomic E-state index is -0.396. The van der Waals surface area contributed by atoms with Crippen LogP contribution in [0.5, 0.6) is 0 Å². The fourth-order valence-corrected chi connectivity index (χ4v) is 1.65. The van der Waals surface area contributed by atoms with Gasteiger partial charge in [-0.15, -0.1) is 0 Å². The highest BCUT2D eigenvalue weighted by molar-refractivity contribution is 5.47. The van der Waals surface area contributed by atoms with Crippen molar-refractivity contribution >= 4 is 0 Å². The van der Waals surface area contributed by atoms with Crippen molar-refractivity contribution < 1.29 is 8.91 Å². The SMILES string of the molecule is CCCC(N)Cc1nc(-c2ccc(F)cn2)no1. The summed E-state index contributed by atoms with van der Waals surface area (Å²) in [7, 11) is 0. The highest BCUT2D eigenvalue weighted by Crippen LogP contribution is 2.14. The first-order chi connectivity index (χ1) is 8.69. The zero-order chi connectivity index (χ0) is 13.0. The lowest BCUT2D eigenvalue weighted by Gasteiger charge is -2.05. The normalized spacial score (nSPS) is 12.6. The first kappa shape index (κ1) is 12.6. The Bertz CT molecular complexity index is 497. The standard InChI is InChI=1S/C12H15FN4O/c1-2-3-9(14)6-11-16-12(17-18-11)10-5-4-8(13)7-15-10/h4-5,7,9H,2-3,6,14H2,1H3. The van der Waals surface area contributed by atoms with Gasteiger partial charge in [-0.05, 0) is 18.6 Å². The van der Waals surface area contributed by atoms with Crippen LogP contribution < -0.4 is 5.73 Å². The van der Waals surface area contributed by atoms with Crippen LogP contribution in [-0.4, -0.2) is 21.2 Å². The van der Waals surface area contributed by atoms with Crippen LogP contribution in [0.4, 0.5) is 4.39 Å². The summed E-state index contributed by atoms with van der Waals surface area (Å²) in [6.45, 7) is 2.07. The molecule has 0 radical (unpaired) electrons. The first-order valence-corrected chi connectivity index (χ1v) is 5.89. The van der Waals surface area contributed by atoms with Gasteiger partial charge in [-0.25, -0.2) is 9.37 Å². The summed E-state index contributed by atoms with van der Waals surface area (Å²) in [5.74, 6) is 0.443. The monoisotopic (exact) mass is 250 g/mol. The van der Waals surface area contributed by atoms with Crippen LogP contribution >= 0.6 is 0 Å². The van der Waals surface area contributed by atoms with Gasteiger partial charge in [0.15, 0.2) is 0 Å². The van der Waals surface area contributed by atoms with E-state index in [0.717, 1.165) is 19.0 Å². The average molecular weight is 250 g/mol. The van der Waals surface area contributed by atoms with Gasteiger partial charge in [-0.1, -0.05) is 18.5 Å². The van der Waals surface area contributed by atoms with Crippen molar-refractivity contribution in [2.45, 2.75) is 32.2 Å².